The molecule has 4 rings (SSSR count). The monoisotopic (exact) mass is 619 g/mol. The lowest BCUT2D eigenvalue weighted by molar-refractivity contribution is -0.120. The molecule has 0 saturated carbocycles. The van der Waals surface area contributed by atoms with Gasteiger partial charge in [-0.15, -0.1) is 0 Å². The van der Waals surface area contributed by atoms with Crippen LogP contribution in [0.2, 0.25) is 0 Å². The fourth-order valence-corrected chi connectivity index (χ4v) is 7.14. The Hall–Kier alpha value is -2.73. The largest absolute Gasteiger partial charge is 0.326 e. The summed E-state index contributed by atoms with van der Waals surface area (Å²) in [5, 5.41) is 2.83. The highest BCUT2D eigenvalue weighted by atomic mass is 79.9. The molecule has 0 atom stereocenters. The number of carbonyl (C=O) groups excluding carboxylic acids is 1. The van der Waals surface area contributed by atoms with Gasteiger partial charge in [0.15, 0.2) is 0 Å². The molecule has 1 amide bonds. The topological polar surface area (TPSA) is 113 Å². The van der Waals surface area contributed by atoms with Crippen LogP contribution in [-0.4, -0.2) is 40.1 Å². The molecule has 202 valence electrons. The van der Waals surface area contributed by atoms with Gasteiger partial charge in [0.1, 0.15) is 0 Å². The van der Waals surface area contributed by atoms with E-state index in [9.17, 15) is 21.6 Å². The van der Waals surface area contributed by atoms with Gasteiger partial charge in [-0.1, -0.05) is 34.1 Å². The van der Waals surface area contributed by atoms with Gasteiger partial charge in [0.05, 0.1) is 10.6 Å². The Bertz CT molecular complexity index is 1520. The zero-order valence-corrected chi connectivity index (χ0v) is 24.4. The summed E-state index contributed by atoms with van der Waals surface area (Å²) >= 11 is 3.35. The molecule has 0 spiro atoms. The number of halogens is 1. The summed E-state index contributed by atoms with van der Waals surface area (Å²) in [6.45, 7) is 4.42. The van der Waals surface area contributed by atoms with Crippen LogP contribution in [-0.2, 0) is 30.6 Å². The number of rotatable bonds is 8. The fourth-order valence-electron chi connectivity index (χ4n) is 4.26. The number of carbonyl (C=O) groups is 1. The van der Waals surface area contributed by atoms with Crippen LogP contribution < -0.4 is 10.0 Å². The Morgan fingerprint density at radius 1 is 0.868 bits per heavy atom. The molecule has 2 N–H and O–H groups in total. The number of amides is 1. The van der Waals surface area contributed by atoms with Crippen LogP contribution in [0.5, 0.6) is 0 Å². The van der Waals surface area contributed by atoms with E-state index in [4.69, 9.17) is 0 Å². The van der Waals surface area contributed by atoms with Crippen molar-refractivity contribution in [3.05, 3.63) is 87.9 Å². The Balaban J connectivity index is 1.31. The second-order valence-corrected chi connectivity index (χ2v) is 14.0. The molecule has 1 aliphatic heterocycles. The number of sulfonamides is 2. The summed E-state index contributed by atoms with van der Waals surface area (Å²) < 4.78 is 56.1. The maximum Gasteiger partial charge on any atom is 0.261 e. The van der Waals surface area contributed by atoms with Crippen LogP contribution in [0.15, 0.2) is 76.1 Å². The van der Waals surface area contributed by atoms with Gasteiger partial charge in [0.25, 0.3) is 10.0 Å². The Labute approximate surface area is 232 Å². The van der Waals surface area contributed by atoms with Gasteiger partial charge in [-0.05, 0) is 91.9 Å². The third-order valence-corrected chi connectivity index (χ3v) is 10.4. The van der Waals surface area contributed by atoms with Crippen molar-refractivity contribution in [2.45, 2.75) is 37.3 Å². The molecule has 0 unspecified atom stereocenters. The van der Waals surface area contributed by atoms with E-state index in [0.29, 0.717) is 29.8 Å². The number of nitrogens with one attached hydrogen (secondary N) is 2. The molecular formula is C27H30BrN3O5S2. The average Bonchev–Trinajstić information content (AvgIpc) is 2.88. The number of anilines is 2. The van der Waals surface area contributed by atoms with E-state index >= 15 is 0 Å². The fraction of sp³-hybridized carbons (Fsp3) is 0.296. The molecule has 3 aromatic rings. The highest BCUT2D eigenvalue weighted by molar-refractivity contribution is 9.10. The predicted octanol–water partition coefficient (Wildman–Crippen LogP) is 5.05. The second kappa shape index (κ2) is 11.6. The zero-order valence-electron chi connectivity index (χ0n) is 21.1. The number of piperidine rings is 1. The Kier molecular flexibility index (Phi) is 8.61. The van der Waals surface area contributed by atoms with Gasteiger partial charge in [-0.3, -0.25) is 9.52 Å². The lowest BCUT2D eigenvalue weighted by Crippen LogP contribution is -2.41. The molecule has 3 aromatic carbocycles. The van der Waals surface area contributed by atoms with Crippen molar-refractivity contribution in [1.29, 1.82) is 0 Å². The maximum absolute atomic E-state index is 12.8. The smallest absolute Gasteiger partial charge is 0.261 e. The Morgan fingerprint density at radius 3 is 2.08 bits per heavy atom. The average molecular weight is 621 g/mol. The highest BCUT2D eigenvalue weighted by Crippen LogP contribution is 2.25. The molecule has 1 fully saturated rings. The summed E-state index contributed by atoms with van der Waals surface area (Å²) in [7, 11) is -7.26. The van der Waals surface area contributed by atoms with E-state index in [1.165, 1.54) is 16.4 Å². The van der Waals surface area contributed by atoms with Gasteiger partial charge < -0.3 is 5.32 Å². The molecule has 0 aliphatic carbocycles. The first-order chi connectivity index (χ1) is 17.9. The van der Waals surface area contributed by atoms with E-state index in [-0.39, 0.29) is 35.6 Å². The van der Waals surface area contributed by atoms with Gasteiger partial charge in [-0.25, -0.2) is 21.1 Å². The quantitative estimate of drug-likeness (QED) is 0.366. The molecule has 1 aliphatic rings. The summed E-state index contributed by atoms with van der Waals surface area (Å²) in [5.74, 6) is -0.618. The lowest BCUT2D eigenvalue weighted by atomic mass is 9.97. The van der Waals surface area contributed by atoms with Gasteiger partial charge in [-0.2, -0.15) is 0 Å². The summed E-state index contributed by atoms with van der Waals surface area (Å²) in [4.78, 5) is 12.9. The first kappa shape index (κ1) is 28.3. The SMILES string of the molecule is Cc1ccc(NS(=O)(=O)c2ccc(NC(=O)C3CCN(S(=O)(=O)Cc4ccc(Br)cc4)CC3)cc2)cc1C. The highest BCUT2D eigenvalue weighted by Gasteiger charge is 2.31. The van der Waals surface area contributed by atoms with Crippen LogP contribution in [0.1, 0.15) is 29.5 Å². The minimum absolute atomic E-state index is 0.0786. The first-order valence-corrected chi connectivity index (χ1v) is 16.0. The minimum Gasteiger partial charge on any atom is -0.326 e. The zero-order chi connectivity index (χ0) is 27.5. The van der Waals surface area contributed by atoms with Crippen molar-refractivity contribution >= 4 is 53.3 Å². The third kappa shape index (κ3) is 7.02. The van der Waals surface area contributed by atoms with Crippen LogP contribution >= 0.6 is 15.9 Å². The number of aryl methyl sites for hydroxylation is 2. The molecule has 8 nitrogen and oxygen atoms in total. The standard InChI is InChI=1S/C27H30BrN3O5S2/c1-19-3-8-25(17-20(19)2)30-38(35,36)26-11-9-24(10-12-26)29-27(32)22-13-15-31(16-14-22)37(33,34)18-21-4-6-23(28)7-5-21/h3-12,17,22,30H,13-16,18H2,1-2H3,(H,29,32). The second-order valence-electron chi connectivity index (χ2n) is 9.47. The van der Waals surface area contributed by atoms with Crippen molar-refractivity contribution in [2.24, 2.45) is 5.92 Å². The molecule has 11 heteroatoms. The van der Waals surface area contributed by atoms with Crippen LogP contribution in [0, 0.1) is 19.8 Å². The lowest BCUT2D eigenvalue weighted by Gasteiger charge is -2.30. The molecular weight excluding hydrogens is 590 g/mol. The molecule has 0 bridgehead atoms. The van der Waals surface area contributed by atoms with Gasteiger partial charge in [0, 0.05) is 34.9 Å². The molecule has 0 aromatic heterocycles. The van der Waals surface area contributed by atoms with Gasteiger partial charge in [0.2, 0.25) is 15.9 Å². The van der Waals surface area contributed by atoms with E-state index in [0.717, 1.165) is 15.6 Å². The summed E-state index contributed by atoms with van der Waals surface area (Å²) in [6, 6.07) is 18.5. The molecule has 38 heavy (non-hydrogen) atoms. The van der Waals surface area contributed by atoms with E-state index in [1.807, 2.05) is 32.0 Å². The molecule has 1 heterocycles. The number of hydrogen-bond donors (Lipinski definition) is 2. The Morgan fingerprint density at radius 2 is 1.47 bits per heavy atom. The summed E-state index contributed by atoms with van der Waals surface area (Å²) in [6.07, 6.45) is 0.829. The van der Waals surface area contributed by atoms with Crippen LogP contribution in [0.4, 0.5) is 11.4 Å². The van der Waals surface area contributed by atoms with Crippen LogP contribution in [0.3, 0.4) is 0 Å². The molecule has 1 saturated heterocycles. The van der Waals surface area contributed by atoms with E-state index < -0.39 is 20.0 Å². The normalized spacial score (nSPS) is 15.2. The first-order valence-electron chi connectivity index (χ1n) is 12.2. The molecule has 0 radical (unpaired) electrons. The maximum atomic E-state index is 12.8. The van der Waals surface area contributed by atoms with Crippen molar-refractivity contribution < 1.29 is 21.6 Å². The van der Waals surface area contributed by atoms with Crippen molar-refractivity contribution in [3.63, 3.8) is 0 Å². The van der Waals surface area contributed by atoms with Crippen LogP contribution in [0.25, 0.3) is 0 Å². The van der Waals surface area contributed by atoms with Crippen molar-refractivity contribution in [2.75, 3.05) is 23.1 Å². The van der Waals surface area contributed by atoms with Gasteiger partial charge >= 0.3 is 0 Å². The van der Waals surface area contributed by atoms with Crippen molar-refractivity contribution in [1.82, 2.24) is 4.31 Å². The number of hydrogen-bond acceptors (Lipinski definition) is 5. The van der Waals surface area contributed by atoms with Crippen molar-refractivity contribution in [3.8, 4) is 0 Å². The summed E-state index contributed by atoms with van der Waals surface area (Å²) in [5.41, 5.74) is 3.72. The third-order valence-electron chi connectivity index (χ3n) is 6.67. The number of nitrogens with zero attached hydrogens (tertiary/aromatic N) is 1. The van der Waals surface area contributed by atoms with E-state index in [1.54, 1.807) is 36.4 Å². The minimum atomic E-state index is -3.78. The predicted molar refractivity (Wildman–Crippen MR) is 153 cm³/mol. The van der Waals surface area contributed by atoms with E-state index in [2.05, 4.69) is 26.0 Å². The number of benzene rings is 3.